The number of rotatable bonds is 4. The largest absolute Gasteiger partial charge is 0.371 e. The van der Waals surface area contributed by atoms with Crippen LogP contribution in [0, 0.1) is 11.8 Å². The Morgan fingerprint density at radius 1 is 1.37 bits per heavy atom. The minimum atomic E-state index is 0.0530. The highest BCUT2D eigenvalue weighted by molar-refractivity contribution is 5.27. The van der Waals surface area contributed by atoms with Gasteiger partial charge in [-0.25, -0.2) is 0 Å². The highest BCUT2D eigenvalue weighted by atomic mass is 16.6. The van der Waals surface area contributed by atoms with Gasteiger partial charge in [-0.2, -0.15) is 0 Å². The Morgan fingerprint density at radius 2 is 2.11 bits per heavy atom. The van der Waals surface area contributed by atoms with Gasteiger partial charge in [-0.1, -0.05) is 39.0 Å². The van der Waals surface area contributed by atoms with Crippen LogP contribution in [0.4, 0.5) is 0 Å². The van der Waals surface area contributed by atoms with Crippen molar-refractivity contribution in [1.29, 1.82) is 0 Å². The van der Waals surface area contributed by atoms with Crippen molar-refractivity contribution in [2.75, 3.05) is 6.61 Å². The first-order chi connectivity index (χ1) is 9.08. The zero-order chi connectivity index (χ0) is 13.5. The lowest BCUT2D eigenvalue weighted by molar-refractivity contribution is -0.0732. The van der Waals surface area contributed by atoms with Crippen LogP contribution in [0.25, 0.3) is 0 Å². The summed E-state index contributed by atoms with van der Waals surface area (Å²) in [5, 5.41) is 0. The van der Waals surface area contributed by atoms with Crippen LogP contribution in [0.2, 0.25) is 0 Å². The predicted octanol–water partition coefficient (Wildman–Crippen LogP) is 3.87. The molecule has 2 atom stereocenters. The van der Waals surface area contributed by atoms with E-state index in [9.17, 15) is 0 Å². The molecule has 3 aliphatic rings. The molecule has 3 rings (SSSR count). The molecule has 106 valence electrons. The molecule has 0 saturated carbocycles. The molecule has 2 heteroatoms. The first-order valence-corrected chi connectivity index (χ1v) is 7.77. The Bertz CT molecular complexity index is 386. The van der Waals surface area contributed by atoms with Gasteiger partial charge in [0.1, 0.15) is 0 Å². The van der Waals surface area contributed by atoms with Gasteiger partial charge in [-0.05, 0) is 37.2 Å². The SMILES string of the molecule is CC(C)C1=CC(OCC23CCC(CC2)O3)C(C)C=C1. The average Bonchev–Trinajstić information content (AvgIpc) is 2.98. The Balaban J connectivity index is 1.61. The summed E-state index contributed by atoms with van der Waals surface area (Å²) in [4.78, 5) is 0. The molecule has 0 aromatic heterocycles. The highest BCUT2D eigenvalue weighted by Gasteiger charge is 2.46. The van der Waals surface area contributed by atoms with Gasteiger partial charge >= 0.3 is 0 Å². The van der Waals surface area contributed by atoms with E-state index < -0.39 is 0 Å². The van der Waals surface area contributed by atoms with Gasteiger partial charge in [0.15, 0.2) is 0 Å². The van der Waals surface area contributed by atoms with Crippen LogP contribution in [0.15, 0.2) is 23.8 Å². The van der Waals surface area contributed by atoms with E-state index in [4.69, 9.17) is 9.47 Å². The highest BCUT2D eigenvalue weighted by Crippen LogP contribution is 2.44. The molecule has 2 fully saturated rings. The van der Waals surface area contributed by atoms with Crippen molar-refractivity contribution < 1.29 is 9.47 Å². The van der Waals surface area contributed by atoms with Crippen LogP contribution in [-0.2, 0) is 9.47 Å². The smallest absolute Gasteiger partial charge is 0.0920 e. The maximum absolute atomic E-state index is 6.23. The summed E-state index contributed by atoms with van der Waals surface area (Å²) in [5.74, 6) is 1.05. The minimum Gasteiger partial charge on any atom is -0.371 e. The summed E-state index contributed by atoms with van der Waals surface area (Å²) in [5.41, 5.74) is 1.45. The predicted molar refractivity (Wildman–Crippen MR) is 77.0 cm³/mol. The maximum atomic E-state index is 6.23. The summed E-state index contributed by atoms with van der Waals surface area (Å²) < 4.78 is 12.3. The van der Waals surface area contributed by atoms with E-state index in [1.165, 1.54) is 31.3 Å². The summed E-state index contributed by atoms with van der Waals surface area (Å²) in [6, 6.07) is 0. The molecule has 2 bridgehead atoms. The molecule has 2 nitrogen and oxygen atoms in total. The number of fused-ring (bicyclic) bond motifs is 2. The van der Waals surface area contributed by atoms with Crippen molar-refractivity contribution in [1.82, 2.24) is 0 Å². The molecule has 0 aromatic carbocycles. The second-order valence-corrected chi connectivity index (χ2v) is 6.82. The zero-order valence-corrected chi connectivity index (χ0v) is 12.4. The van der Waals surface area contributed by atoms with E-state index in [1.54, 1.807) is 0 Å². The minimum absolute atomic E-state index is 0.0530. The van der Waals surface area contributed by atoms with Gasteiger partial charge in [0, 0.05) is 5.92 Å². The monoisotopic (exact) mass is 262 g/mol. The lowest BCUT2D eigenvalue weighted by Crippen LogP contribution is -2.35. The maximum Gasteiger partial charge on any atom is 0.0920 e. The average molecular weight is 262 g/mol. The lowest BCUT2D eigenvalue weighted by atomic mass is 9.88. The van der Waals surface area contributed by atoms with Gasteiger partial charge < -0.3 is 9.47 Å². The van der Waals surface area contributed by atoms with Gasteiger partial charge in [0.25, 0.3) is 0 Å². The molecule has 2 unspecified atom stereocenters. The molecule has 0 N–H and O–H groups in total. The Labute approximate surface area is 116 Å². The van der Waals surface area contributed by atoms with E-state index in [1.807, 2.05) is 0 Å². The molecular weight excluding hydrogens is 236 g/mol. The quantitative estimate of drug-likeness (QED) is 0.765. The molecule has 2 saturated heterocycles. The summed E-state index contributed by atoms with van der Waals surface area (Å²) >= 11 is 0. The Morgan fingerprint density at radius 3 is 2.68 bits per heavy atom. The van der Waals surface area contributed by atoms with E-state index in [0.717, 1.165) is 6.61 Å². The second kappa shape index (κ2) is 5.06. The lowest BCUT2D eigenvalue weighted by Gasteiger charge is -2.30. The van der Waals surface area contributed by atoms with Crippen molar-refractivity contribution in [3.05, 3.63) is 23.8 Å². The number of hydrogen-bond acceptors (Lipinski definition) is 2. The number of hydrogen-bond donors (Lipinski definition) is 0. The molecule has 2 heterocycles. The van der Waals surface area contributed by atoms with Crippen molar-refractivity contribution >= 4 is 0 Å². The summed E-state index contributed by atoms with van der Waals surface area (Å²) in [7, 11) is 0. The van der Waals surface area contributed by atoms with Crippen LogP contribution < -0.4 is 0 Å². The number of allylic oxidation sites excluding steroid dienone is 2. The fourth-order valence-corrected chi connectivity index (χ4v) is 3.49. The standard InChI is InChI=1S/C17H26O2/c1-12(2)14-5-4-13(3)16(10-14)18-11-17-8-6-15(19-17)7-9-17/h4-5,10,12-13,15-16H,6-9,11H2,1-3H3. The Kier molecular flexibility index (Phi) is 3.57. The molecule has 0 spiro atoms. The fraction of sp³-hybridized carbons (Fsp3) is 0.765. The molecule has 19 heavy (non-hydrogen) atoms. The molecular formula is C17H26O2. The van der Waals surface area contributed by atoms with E-state index >= 15 is 0 Å². The van der Waals surface area contributed by atoms with Crippen LogP contribution >= 0.6 is 0 Å². The Hall–Kier alpha value is -0.600. The van der Waals surface area contributed by atoms with Crippen molar-refractivity contribution in [2.45, 2.75) is 64.3 Å². The van der Waals surface area contributed by atoms with Crippen LogP contribution in [0.5, 0.6) is 0 Å². The van der Waals surface area contributed by atoms with Crippen molar-refractivity contribution in [2.24, 2.45) is 11.8 Å². The van der Waals surface area contributed by atoms with Gasteiger partial charge in [0.05, 0.1) is 24.4 Å². The van der Waals surface area contributed by atoms with Crippen LogP contribution in [0.1, 0.15) is 46.5 Å². The zero-order valence-electron chi connectivity index (χ0n) is 12.4. The van der Waals surface area contributed by atoms with E-state index in [-0.39, 0.29) is 11.7 Å². The summed E-state index contributed by atoms with van der Waals surface area (Å²) in [6.45, 7) is 7.49. The third-order valence-electron chi connectivity index (χ3n) is 4.93. The molecule has 1 aliphatic carbocycles. The topological polar surface area (TPSA) is 18.5 Å². The summed E-state index contributed by atoms with van der Waals surface area (Å²) in [6.07, 6.45) is 12.4. The second-order valence-electron chi connectivity index (χ2n) is 6.82. The molecule has 0 radical (unpaired) electrons. The van der Waals surface area contributed by atoms with Crippen LogP contribution in [0.3, 0.4) is 0 Å². The van der Waals surface area contributed by atoms with E-state index in [2.05, 4.69) is 39.0 Å². The third-order valence-corrected chi connectivity index (χ3v) is 4.93. The molecule has 0 amide bonds. The molecule has 2 aliphatic heterocycles. The van der Waals surface area contributed by atoms with Crippen molar-refractivity contribution in [3.8, 4) is 0 Å². The number of ether oxygens (including phenoxy) is 2. The molecule has 0 aromatic rings. The van der Waals surface area contributed by atoms with Gasteiger partial charge in [0.2, 0.25) is 0 Å². The first kappa shape index (κ1) is 13.4. The fourth-order valence-electron chi connectivity index (χ4n) is 3.49. The van der Waals surface area contributed by atoms with Gasteiger partial charge in [-0.3, -0.25) is 0 Å². The van der Waals surface area contributed by atoms with Gasteiger partial charge in [-0.15, -0.1) is 0 Å². The van der Waals surface area contributed by atoms with Crippen LogP contribution in [-0.4, -0.2) is 24.4 Å². The first-order valence-electron chi connectivity index (χ1n) is 7.77. The van der Waals surface area contributed by atoms with Crippen molar-refractivity contribution in [3.63, 3.8) is 0 Å². The normalized spacial score (nSPS) is 41.1. The third kappa shape index (κ3) is 2.66. The van der Waals surface area contributed by atoms with E-state index in [0.29, 0.717) is 17.9 Å².